The van der Waals surface area contributed by atoms with Crippen LogP contribution in [0.5, 0.6) is 0 Å². The van der Waals surface area contributed by atoms with Gasteiger partial charge in [0.1, 0.15) is 5.58 Å². The molecule has 1 aliphatic rings. The Hall–Kier alpha value is -3.55. The fourth-order valence-corrected chi connectivity index (χ4v) is 4.68. The third-order valence-electron chi connectivity index (χ3n) is 6.55. The number of rotatable bonds is 7. The van der Waals surface area contributed by atoms with Crippen LogP contribution in [0.2, 0.25) is 0 Å². The van der Waals surface area contributed by atoms with E-state index in [1.165, 1.54) is 10.9 Å². The summed E-state index contributed by atoms with van der Waals surface area (Å²) in [6.45, 7) is 7.06. The van der Waals surface area contributed by atoms with Gasteiger partial charge in [-0.25, -0.2) is 0 Å². The van der Waals surface area contributed by atoms with Gasteiger partial charge in [-0.2, -0.15) is 5.26 Å². The summed E-state index contributed by atoms with van der Waals surface area (Å²) in [5.74, 6) is -0.344. The van der Waals surface area contributed by atoms with Crippen LogP contribution in [0.15, 0.2) is 53.1 Å². The fourth-order valence-electron chi connectivity index (χ4n) is 4.68. The first-order chi connectivity index (χ1) is 17.5. The van der Waals surface area contributed by atoms with E-state index in [1.807, 2.05) is 30.3 Å². The molecular formula is C28H36ClN5O4. The molecule has 1 saturated heterocycles. The Morgan fingerprint density at radius 3 is 2.55 bits per heavy atom. The number of piperazine rings is 1. The number of aliphatic hydroxyl groups is 1. The summed E-state index contributed by atoms with van der Waals surface area (Å²) in [6, 6.07) is 15.8. The summed E-state index contributed by atoms with van der Waals surface area (Å²) in [5, 5.41) is 18.8. The van der Waals surface area contributed by atoms with Crippen molar-refractivity contribution >= 4 is 45.9 Å². The number of aliphatic hydroxyl groups excluding tert-OH is 1. The van der Waals surface area contributed by atoms with E-state index < -0.39 is 5.91 Å². The standard InChI is InChI=1S/C26H27N5O2.C2H6O.ClH.H2O/c27-16-18-4-6-23-22(13-18)19(17-29-23)3-1-2-8-30-9-11-31(12-10-30)21-5-7-24-20(14-21)15-25(33-24)26(28)32;1-2-3;;/h4-7,13-15,17,29H,1-3,8-12H2,(H2,28,32);3H,2H2,1H3;1H;1H2. The number of nitrogens with two attached hydrogens (primary N) is 1. The van der Waals surface area contributed by atoms with Crippen LogP contribution < -0.4 is 10.6 Å². The van der Waals surface area contributed by atoms with Gasteiger partial charge >= 0.3 is 0 Å². The molecule has 4 aromatic rings. The molecule has 0 saturated carbocycles. The lowest BCUT2D eigenvalue weighted by Gasteiger charge is -2.36. The molecule has 5 rings (SSSR count). The number of H-pyrrole nitrogens is 1. The predicted octanol–water partition coefficient (Wildman–Crippen LogP) is 3.63. The third kappa shape index (κ3) is 7.27. The van der Waals surface area contributed by atoms with Crippen LogP contribution in [0.3, 0.4) is 0 Å². The first kappa shape index (κ1) is 30.7. The van der Waals surface area contributed by atoms with E-state index in [0.29, 0.717) is 11.1 Å². The number of amides is 1. The average molecular weight is 542 g/mol. The number of nitrogens with zero attached hydrogens (tertiary/aromatic N) is 3. The predicted molar refractivity (Wildman–Crippen MR) is 153 cm³/mol. The highest BCUT2D eigenvalue weighted by atomic mass is 35.5. The van der Waals surface area contributed by atoms with Crippen molar-refractivity contribution in [3.8, 4) is 6.07 Å². The Labute approximate surface area is 228 Å². The van der Waals surface area contributed by atoms with E-state index in [9.17, 15) is 4.79 Å². The number of benzene rings is 2. The van der Waals surface area contributed by atoms with Crippen molar-refractivity contribution < 1.29 is 19.8 Å². The van der Waals surface area contributed by atoms with Crippen molar-refractivity contribution in [2.75, 3.05) is 44.2 Å². The number of hydrogen-bond donors (Lipinski definition) is 3. The fraction of sp³-hybridized carbons (Fsp3) is 0.357. The number of nitriles is 1. The Morgan fingerprint density at radius 1 is 1.13 bits per heavy atom. The van der Waals surface area contributed by atoms with E-state index in [4.69, 9.17) is 20.5 Å². The number of hydrogen-bond acceptors (Lipinski definition) is 6. The third-order valence-corrected chi connectivity index (χ3v) is 6.55. The quantitative estimate of drug-likeness (QED) is 0.303. The van der Waals surface area contributed by atoms with Crippen molar-refractivity contribution in [2.24, 2.45) is 5.73 Å². The summed E-state index contributed by atoms with van der Waals surface area (Å²) in [7, 11) is 0. The van der Waals surface area contributed by atoms with Crippen LogP contribution in [0.4, 0.5) is 5.69 Å². The van der Waals surface area contributed by atoms with Crippen molar-refractivity contribution in [2.45, 2.75) is 26.2 Å². The summed E-state index contributed by atoms with van der Waals surface area (Å²) in [4.78, 5) is 19.6. The maximum atomic E-state index is 11.4. The van der Waals surface area contributed by atoms with E-state index in [1.54, 1.807) is 13.0 Å². The van der Waals surface area contributed by atoms with Crippen molar-refractivity contribution in [3.63, 3.8) is 0 Å². The first-order valence-electron chi connectivity index (χ1n) is 12.4. The summed E-state index contributed by atoms with van der Waals surface area (Å²) >= 11 is 0. The summed E-state index contributed by atoms with van der Waals surface area (Å²) in [6.07, 6.45) is 5.38. The lowest BCUT2D eigenvalue weighted by atomic mass is 10.1. The Morgan fingerprint density at radius 2 is 1.87 bits per heavy atom. The molecule has 0 aliphatic carbocycles. The van der Waals surface area contributed by atoms with Crippen LogP contribution in [0, 0.1) is 11.3 Å². The van der Waals surface area contributed by atoms with E-state index in [-0.39, 0.29) is 30.3 Å². The largest absolute Gasteiger partial charge is 0.451 e. The molecule has 2 aromatic heterocycles. The molecule has 2 aromatic carbocycles. The molecule has 0 atom stereocenters. The molecule has 1 aliphatic heterocycles. The Balaban J connectivity index is 0.000000969. The summed E-state index contributed by atoms with van der Waals surface area (Å²) < 4.78 is 5.49. The average Bonchev–Trinajstić information content (AvgIpc) is 3.51. The zero-order valence-electron chi connectivity index (χ0n) is 21.6. The number of unbranched alkanes of at least 4 members (excludes halogenated alkanes) is 1. The van der Waals surface area contributed by atoms with Crippen molar-refractivity contribution in [1.29, 1.82) is 5.26 Å². The molecular weight excluding hydrogens is 506 g/mol. The van der Waals surface area contributed by atoms with Crippen molar-refractivity contribution in [1.82, 2.24) is 9.88 Å². The van der Waals surface area contributed by atoms with Gasteiger partial charge in [0.15, 0.2) is 5.76 Å². The van der Waals surface area contributed by atoms with Gasteiger partial charge in [0, 0.05) is 61.0 Å². The highest BCUT2D eigenvalue weighted by Crippen LogP contribution is 2.26. The molecule has 10 heteroatoms. The number of aromatic amines is 1. The second-order valence-corrected chi connectivity index (χ2v) is 8.99. The van der Waals surface area contributed by atoms with Crippen LogP contribution in [0.25, 0.3) is 21.9 Å². The zero-order chi connectivity index (χ0) is 25.5. The zero-order valence-corrected chi connectivity index (χ0v) is 22.4. The van der Waals surface area contributed by atoms with Gasteiger partial charge in [0.05, 0.1) is 11.6 Å². The number of carbonyl (C=O) groups is 1. The lowest BCUT2D eigenvalue weighted by Crippen LogP contribution is -2.46. The molecule has 0 bridgehead atoms. The molecule has 6 N–H and O–H groups in total. The molecule has 1 amide bonds. The van der Waals surface area contributed by atoms with E-state index >= 15 is 0 Å². The van der Waals surface area contributed by atoms with E-state index in [0.717, 1.165) is 68.6 Å². The van der Waals surface area contributed by atoms with Crippen LogP contribution >= 0.6 is 12.4 Å². The Kier molecular flexibility index (Phi) is 11.6. The second kappa shape index (κ2) is 14.4. The molecule has 1 fully saturated rings. The molecule has 3 heterocycles. The van der Waals surface area contributed by atoms with Gasteiger partial charge < -0.3 is 30.6 Å². The van der Waals surface area contributed by atoms with Crippen LogP contribution in [-0.2, 0) is 6.42 Å². The molecule has 0 unspecified atom stereocenters. The van der Waals surface area contributed by atoms with Gasteiger partial charge in [0.2, 0.25) is 0 Å². The minimum atomic E-state index is -0.544. The maximum Gasteiger partial charge on any atom is 0.284 e. The van der Waals surface area contributed by atoms with Gasteiger partial charge in [-0.1, -0.05) is 0 Å². The second-order valence-electron chi connectivity index (χ2n) is 8.99. The molecule has 204 valence electrons. The number of fused-ring (bicyclic) bond motifs is 2. The smallest absolute Gasteiger partial charge is 0.284 e. The Bertz CT molecular complexity index is 1370. The number of furan rings is 1. The van der Waals surface area contributed by atoms with Gasteiger partial charge in [-0.05, 0) is 80.8 Å². The van der Waals surface area contributed by atoms with Gasteiger partial charge in [-0.15, -0.1) is 12.4 Å². The van der Waals surface area contributed by atoms with Crippen LogP contribution in [-0.4, -0.2) is 65.7 Å². The normalized spacial score (nSPS) is 13.2. The highest BCUT2D eigenvalue weighted by molar-refractivity contribution is 5.95. The molecule has 9 nitrogen and oxygen atoms in total. The van der Waals surface area contributed by atoms with Crippen LogP contribution in [0.1, 0.15) is 41.4 Å². The number of aryl methyl sites for hydroxylation is 1. The van der Waals surface area contributed by atoms with Gasteiger partial charge in [0.25, 0.3) is 5.91 Å². The minimum absolute atomic E-state index is 0. The number of nitrogens with one attached hydrogen (secondary N) is 1. The van der Waals surface area contributed by atoms with Gasteiger partial charge in [-0.3, -0.25) is 9.69 Å². The molecule has 0 radical (unpaired) electrons. The topological polar surface area (TPSA) is 154 Å². The number of carbonyl (C=O) groups excluding carboxylic acids is 1. The summed E-state index contributed by atoms with van der Waals surface area (Å²) in [5.41, 5.74) is 10.3. The maximum absolute atomic E-state index is 11.4. The number of halogens is 1. The first-order valence-corrected chi connectivity index (χ1v) is 12.4. The van der Waals surface area contributed by atoms with E-state index in [2.05, 4.69) is 33.1 Å². The monoisotopic (exact) mass is 541 g/mol. The molecule has 38 heavy (non-hydrogen) atoms. The SMILES string of the molecule is CCO.Cl.N#Cc1ccc2[nH]cc(CCCCN3CCN(c4ccc5oc(C(N)=O)cc5c4)CC3)c2c1.O. The highest BCUT2D eigenvalue weighted by Gasteiger charge is 2.18. The number of anilines is 1. The lowest BCUT2D eigenvalue weighted by molar-refractivity contribution is 0.0976. The van der Waals surface area contributed by atoms with Crippen molar-refractivity contribution in [3.05, 3.63) is 65.5 Å². The minimum Gasteiger partial charge on any atom is -0.451 e. The number of primary amides is 1. The number of aromatic nitrogens is 1. The molecule has 0 spiro atoms.